The van der Waals surface area contributed by atoms with Crippen molar-refractivity contribution in [2.24, 2.45) is 0 Å². The molecule has 2 rings (SSSR count). The Balaban J connectivity index is 2.44. The summed E-state index contributed by atoms with van der Waals surface area (Å²) in [7, 11) is 0. The molecule has 1 aromatic carbocycles. The molecule has 7 heteroatoms. The minimum Gasteiger partial charge on any atom is -0.369 e. The molecule has 0 spiro atoms. The smallest absolute Gasteiger partial charge is 0.242 e. The number of halogens is 2. The molecule has 20 heavy (non-hydrogen) atoms. The quantitative estimate of drug-likeness (QED) is 0.929. The molecule has 2 aromatic rings. The zero-order valence-electron chi connectivity index (χ0n) is 11.4. The number of hydrogen-bond donors (Lipinski definition) is 1. The lowest BCUT2D eigenvalue weighted by molar-refractivity contribution is -0.131. The number of anilines is 1. The largest absolute Gasteiger partial charge is 0.369 e. The summed E-state index contributed by atoms with van der Waals surface area (Å²) in [6, 6.07) is 1.86. The maximum Gasteiger partial charge on any atom is 0.242 e. The Hall–Kier alpha value is -2.18. The Morgan fingerprint density at radius 2 is 2.00 bits per heavy atom. The molecule has 0 fully saturated rings. The molecule has 108 valence electrons. The van der Waals surface area contributed by atoms with Crippen LogP contribution in [0.5, 0.6) is 0 Å². The molecule has 0 saturated heterocycles. The third-order valence-electron chi connectivity index (χ3n) is 3.21. The van der Waals surface area contributed by atoms with Crippen LogP contribution in [-0.2, 0) is 11.3 Å². The molecular weight excluding hydrogens is 266 g/mol. The number of carbonyl (C=O) groups is 1. The Morgan fingerprint density at radius 1 is 1.35 bits per heavy atom. The van der Waals surface area contributed by atoms with Crippen molar-refractivity contribution < 1.29 is 13.6 Å². The van der Waals surface area contributed by atoms with Crippen molar-refractivity contribution in [2.75, 3.05) is 18.8 Å². The number of aromatic nitrogens is 2. The molecule has 0 aliphatic heterocycles. The zero-order chi connectivity index (χ0) is 14.9. The Kier molecular flexibility index (Phi) is 3.87. The van der Waals surface area contributed by atoms with Crippen LogP contribution in [0.25, 0.3) is 11.0 Å². The minimum absolute atomic E-state index is 0.00925. The molecule has 0 radical (unpaired) electrons. The van der Waals surface area contributed by atoms with Gasteiger partial charge in [-0.2, -0.15) is 0 Å². The van der Waals surface area contributed by atoms with E-state index in [9.17, 15) is 13.6 Å². The lowest BCUT2D eigenvalue weighted by Gasteiger charge is -2.19. The number of nitrogens with two attached hydrogens (primary N) is 1. The van der Waals surface area contributed by atoms with Gasteiger partial charge in [-0.15, -0.1) is 0 Å². The van der Waals surface area contributed by atoms with Crippen LogP contribution in [0.2, 0.25) is 0 Å². The van der Waals surface area contributed by atoms with Crippen molar-refractivity contribution in [2.45, 2.75) is 20.4 Å². The fraction of sp³-hybridized carbons (Fsp3) is 0.385. The fourth-order valence-electron chi connectivity index (χ4n) is 2.14. The standard InChI is InChI=1S/C13H16F2N4O/c1-3-18(4-2)11(20)7-19-10-6-8(14)5-9(15)12(10)17-13(19)16/h5-6H,3-4,7H2,1-2H3,(H2,16,17). The lowest BCUT2D eigenvalue weighted by atomic mass is 10.3. The van der Waals surface area contributed by atoms with Crippen molar-refractivity contribution in [3.05, 3.63) is 23.8 Å². The van der Waals surface area contributed by atoms with Crippen LogP contribution in [0, 0.1) is 11.6 Å². The first-order valence-electron chi connectivity index (χ1n) is 6.36. The number of nitrogens with zero attached hydrogens (tertiary/aromatic N) is 3. The van der Waals surface area contributed by atoms with Gasteiger partial charge in [-0.05, 0) is 13.8 Å². The first-order valence-corrected chi connectivity index (χ1v) is 6.36. The number of benzene rings is 1. The Labute approximate surface area is 115 Å². The van der Waals surface area contributed by atoms with Crippen LogP contribution >= 0.6 is 0 Å². The average molecular weight is 282 g/mol. The number of rotatable bonds is 4. The van der Waals surface area contributed by atoms with Crippen LogP contribution in [-0.4, -0.2) is 33.4 Å². The molecule has 1 aromatic heterocycles. The summed E-state index contributed by atoms with van der Waals surface area (Å²) in [6.07, 6.45) is 0. The molecular formula is C13H16F2N4O. The van der Waals surface area contributed by atoms with E-state index in [1.165, 1.54) is 4.57 Å². The monoisotopic (exact) mass is 282 g/mol. The van der Waals surface area contributed by atoms with Gasteiger partial charge in [0.05, 0.1) is 5.52 Å². The van der Waals surface area contributed by atoms with E-state index in [0.29, 0.717) is 13.1 Å². The van der Waals surface area contributed by atoms with Gasteiger partial charge in [-0.1, -0.05) is 0 Å². The van der Waals surface area contributed by atoms with Crippen LogP contribution in [0.15, 0.2) is 12.1 Å². The highest BCUT2D eigenvalue weighted by molar-refractivity contribution is 5.83. The number of likely N-dealkylation sites (N-methyl/N-ethyl adjacent to an activating group) is 1. The second-order valence-corrected chi connectivity index (χ2v) is 4.38. The number of nitrogen functional groups attached to an aromatic ring is 1. The molecule has 1 heterocycles. The number of imidazole rings is 1. The van der Waals surface area contributed by atoms with E-state index < -0.39 is 11.6 Å². The molecule has 0 atom stereocenters. The summed E-state index contributed by atoms with van der Waals surface area (Å²) in [5, 5.41) is 0. The topological polar surface area (TPSA) is 64.2 Å². The van der Waals surface area contributed by atoms with Crippen molar-refractivity contribution >= 4 is 22.9 Å². The second kappa shape index (κ2) is 5.44. The van der Waals surface area contributed by atoms with E-state index in [1.54, 1.807) is 4.90 Å². The summed E-state index contributed by atoms with van der Waals surface area (Å²) in [4.78, 5) is 17.5. The van der Waals surface area contributed by atoms with Gasteiger partial charge in [0.2, 0.25) is 11.9 Å². The van der Waals surface area contributed by atoms with Crippen molar-refractivity contribution in [1.82, 2.24) is 14.5 Å². The highest BCUT2D eigenvalue weighted by Gasteiger charge is 2.18. The molecule has 5 nitrogen and oxygen atoms in total. The Bertz CT molecular complexity index is 649. The van der Waals surface area contributed by atoms with E-state index in [0.717, 1.165) is 12.1 Å². The first kappa shape index (κ1) is 14.2. The first-order chi connectivity index (χ1) is 9.47. The molecule has 0 aliphatic rings. The molecule has 0 unspecified atom stereocenters. The van der Waals surface area contributed by atoms with E-state index in [2.05, 4.69) is 4.98 Å². The van der Waals surface area contributed by atoms with Gasteiger partial charge >= 0.3 is 0 Å². The van der Waals surface area contributed by atoms with E-state index in [4.69, 9.17) is 5.73 Å². The SMILES string of the molecule is CCN(CC)C(=O)Cn1c(N)nc2c(F)cc(F)cc21. The molecule has 0 bridgehead atoms. The fourth-order valence-corrected chi connectivity index (χ4v) is 2.14. The zero-order valence-corrected chi connectivity index (χ0v) is 11.4. The molecule has 1 amide bonds. The van der Waals surface area contributed by atoms with Gasteiger partial charge in [0, 0.05) is 25.2 Å². The molecule has 0 saturated carbocycles. The predicted octanol–water partition coefficient (Wildman–Crippen LogP) is 1.77. The average Bonchev–Trinajstić information content (AvgIpc) is 2.69. The summed E-state index contributed by atoms with van der Waals surface area (Å²) in [5.74, 6) is -1.71. The maximum atomic E-state index is 13.6. The predicted molar refractivity (Wildman–Crippen MR) is 72.0 cm³/mol. The van der Waals surface area contributed by atoms with Crippen LogP contribution in [0.1, 0.15) is 13.8 Å². The summed E-state index contributed by atoms with van der Waals surface area (Å²) < 4.78 is 28.2. The normalized spacial score (nSPS) is 11.0. The third kappa shape index (κ3) is 2.43. The van der Waals surface area contributed by atoms with Gasteiger partial charge in [-0.25, -0.2) is 13.8 Å². The van der Waals surface area contributed by atoms with Gasteiger partial charge in [0.25, 0.3) is 0 Å². The van der Waals surface area contributed by atoms with Gasteiger partial charge in [0.1, 0.15) is 17.9 Å². The Morgan fingerprint density at radius 3 is 2.60 bits per heavy atom. The number of amides is 1. The summed E-state index contributed by atoms with van der Waals surface area (Å²) >= 11 is 0. The van der Waals surface area contributed by atoms with Crippen LogP contribution in [0.3, 0.4) is 0 Å². The van der Waals surface area contributed by atoms with Crippen LogP contribution in [0.4, 0.5) is 14.7 Å². The molecule has 0 aliphatic carbocycles. The van der Waals surface area contributed by atoms with E-state index >= 15 is 0 Å². The van der Waals surface area contributed by atoms with Gasteiger partial charge in [-0.3, -0.25) is 4.79 Å². The van der Waals surface area contributed by atoms with E-state index in [-0.39, 0.29) is 29.4 Å². The van der Waals surface area contributed by atoms with Crippen molar-refractivity contribution in [3.8, 4) is 0 Å². The third-order valence-corrected chi connectivity index (χ3v) is 3.21. The minimum atomic E-state index is -0.791. The van der Waals surface area contributed by atoms with Crippen molar-refractivity contribution in [3.63, 3.8) is 0 Å². The summed E-state index contributed by atoms with van der Waals surface area (Å²) in [5.41, 5.74) is 5.85. The van der Waals surface area contributed by atoms with Crippen molar-refractivity contribution in [1.29, 1.82) is 0 Å². The number of fused-ring (bicyclic) bond motifs is 1. The molecule has 2 N–H and O–H groups in total. The lowest BCUT2D eigenvalue weighted by Crippen LogP contribution is -2.33. The van der Waals surface area contributed by atoms with Gasteiger partial charge in [0.15, 0.2) is 5.82 Å². The second-order valence-electron chi connectivity index (χ2n) is 4.38. The highest BCUT2D eigenvalue weighted by Crippen LogP contribution is 2.22. The highest BCUT2D eigenvalue weighted by atomic mass is 19.1. The summed E-state index contributed by atoms with van der Waals surface area (Å²) in [6.45, 7) is 4.74. The van der Waals surface area contributed by atoms with Gasteiger partial charge < -0.3 is 15.2 Å². The maximum absolute atomic E-state index is 13.6. The number of carbonyl (C=O) groups excluding carboxylic acids is 1. The van der Waals surface area contributed by atoms with E-state index in [1.807, 2.05) is 13.8 Å². The van der Waals surface area contributed by atoms with Crippen LogP contribution < -0.4 is 5.73 Å². The number of hydrogen-bond acceptors (Lipinski definition) is 3.